The highest BCUT2D eigenvalue weighted by atomic mass is 16.4. The quantitative estimate of drug-likeness (QED) is 0.175. The van der Waals surface area contributed by atoms with E-state index >= 15 is 0 Å². The van der Waals surface area contributed by atoms with Crippen LogP contribution in [-0.2, 0) is 0 Å². The van der Waals surface area contributed by atoms with Gasteiger partial charge in [0.05, 0.1) is 16.7 Å². The second-order valence-corrected chi connectivity index (χ2v) is 8.98. The number of hydrogen-bond acceptors (Lipinski definition) is 3. The average Bonchev–Trinajstić information content (AvgIpc) is 2.83. The molecule has 0 amide bonds. The number of rotatable bonds is 18. The Morgan fingerprint density at radius 1 is 0.500 bits per heavy atom. The molecule has 6 heteroatoms. The Hall–Kier alpha value is -3.15. The number of unbranched alkanes of at least 4 members (excludes halogenated alkanes) is 9. The first-order chi connectivity index (χ1) is 17.3. The van der Waals surface area contributed by atoms with Crippen molar-refractivity contribution in [2.75, 3.05) is 0 Å². The van der Waals surface area contributed by atoms with Crippen molar-refractivity contribution in [3.63, 3.8) is 0 Å². The van der Waals surface area contributed by atoms with E-state index in [0.29, 0.717) is 12.8 Å². The maximum atomic E-state index is 12.5. The molecule has 0 aromatic heterocycles. The lowest BCUT2D eigenvalue weighted by molar-refractivity contribution is 0.0648. The van der Waals surface area contributed by atoms with E-state index in [1.54, 1.807) is 18.2 Å². The molecular weight excluding hydrogens is 456 g/mol. The number of allylic oxidation sites excluding steroid dienone is 3. The standard InChI is InChI=1S/C30H42O6/c1-4-7-10-13-16-19-22-23(20-17-14-11-8-5-2)26(29(33)34)27(30(35)36)24(25(22)28(31)32)21-18-15-12-9-6-3/h16-21H,4-15H2,1-3H3,(H,31,32)(H,33,34)(H,35,36)/b19-16+,20-17+,21-18+. The number of carboxylic acid groups (broad SMARTS) is 3. The lowest BCUT2D eigenvalue weighted by atomic mass is 9.85. The summed E-state index contributed by atoms with van der Waals surface area (Å²) < 4.78 is 0. The van der Waals surface area contributed by atoms with E-state index in [-0.39, 0.29) is 27.8 Å². The van der Waals surface area contributed by atoms with E-state index < -0.39 is 23.5 Å². The monoisotopic (exact) mass is 498 g/mol. The molecule has 0 fully saturated rings. The van der Waals surface area contributed by atoms with Gasteiger partial charge in [-0.15, -0.1) is 0 Å². The van der Waals surface area contributed by atoms with Crippen LogP contribution >= 0.6 is 0 Å². The van der Waals surface area contributed by atoms with Crippen molar-refractivity contribution in [3.8, 4) is 0 Å². The first-order valence-corrected chi connectivity index (χ1v) is 13.2. The molecule has 0 unspecified atom stereocenters. The van der Waals surface area contributed by atoms with Crippen LogP contribution in [0.4, 0.5) is 0 Å². The molecule has 0 heterocycles. The fourth-order valence-corrected chi connectivity index (χ4v) is 4.14. The topological polar surface area (TPSA) is 112 Å². The predicted octanol–water partition coefficient (Wildman–Crippen LogP) is 8.56. The molecule has 0 radical (unpaired) electrons. The Kier molecular flexibility index (Phi) is 14.8. The van der Waals surface area contributed by atoms with Gasteiger partial charge < -0.3 is 15.3 Å². The van der Waals surface area contributed by atoms with Crippen LogP contribution in [0.1, 0.15) is 146 Å². The molecule has 0 aliphatic carbocycles. The van der Waals surface area contributed by atoms with Crippen LogP contribution in [0.3, 0.4) is 0 Å². The summed E-state index contributed by atoms with van der Waals surface area (Å²) in [7, 11) is 0. The van der Waals surface area contributed by atoms with Crippen molar-refractivity contribution < 1.29 is 29.7 Å². The first kappa shape index (κ1) is 30.9. The van der Waals surface area contributed by atoms with Gasteiger partial charge in [-0.1, -0.05) is 95.8 Å². The van der Waals surface area contributed by atoms with Gasteiger partial charge in [-0.05, 0) is 49.7 Å². The van der Waals surface area contributed by atoms with Crippen LogP contribution in [0, 0.1) is 0 Å². The lowest BCUT2D eigenvalue weighted by Crippen LogP contribution is -2.18. The number of aromatic carboxylic acids is 3. The van der Waals surface area contributed by atoms with E-state index in [4.69, 9.17) is 0 Å². The van der Waals surface area contributed by atoms with Crippen molar-refractivity contribution in [2.45, 2.75) is 97.8 Å². The molecule has 1 rings (SSSR count). The van der Waals surface area contributed by atoms with Crippen LogP contribution in [0.2, 0.25) is 0 Å². The highest BCUT2D eigenvalue weighted by Gasteiger charge is 2.30. The third-order valence-electron chi connectivity index (χ3n) is 6.04. The molecular formula is C30H42O6. The maximum Gasteiger partial charge on any atom is 0.337 e. The zero-order chi connectivity index (χ0) is 26.9. The first-order valence-electron chi connectivity index (χ1n) is 13.2. The fourth-order valence-electron chi connectivity index (χ4n) is 4.14. The lowest BCUT2D eigenvalue weighted by Gasteiger charge is -2.18. The SMILES string of the molecule is CCCCC/C=C/c1c(/C=C/CCCCC)c(C(=O)O)c(C(=O)O)c(/C=C/CCCCC)c1C(=O)O. The second kappa shape index (κ2) is 17.3. The van der Waals surface area contributed by atoms with Crippen molar-refractivity contribution in [2.24, 2.45) is 0 Å². The van der Waals surface area contributed by atoms with E-state index in [1.807, 2.05) is 12.2 Å². The van der Waals surface area contributed by atoms with Gasteiger partial charge >= 0.3 is 17.9 Å². The molecule has 0 spiro atoms. The minimum Gasteiger partial charge on any atom is -0.478 e. The summed E-state index contributed by atoms with van der Waals surface area (Å²) in [5, 5.41) is 30.3. The molecule has 6 nitrogen and oxygen atoms in total. The fraction of sp³-hybridized carbons (Fsp3) is 0.500. The predicted molar refractivity (Wildman–Crippen MR) is 147 cm³/mol. The van der Waals surface area contributed by atoms with Crippen molar-refractivity contribution in [3.05, 3.63) is 51.6 Å². The molecule has 0 saturated carbocycles. The average molecular weight is 499 g/mol. The third kappa shape index (κ3) is 9.48. The van der Waals surface area contributed by atoms with E-state index in [0.717, 1.165) is 64.2 Å². The molecule has 1 aromatic rings. The summed E-state index contributed by atoms with van der Waals surface area (Å²) in [6.07, 6.45) is 21.0. The van der Waals surface area contributed by atoms with Gasteiger partial charge in [-0.3, -0.25) is 0 Å². The second-order valence-electron chi connectivity index (χ2n) is 8.98. The van der Waals surface area contributed by atoms with Gasteiger partial charge in [-0.2, -0.15) is 0 Å². The summed E-state index contributed by atoms with van der Waals surface area (Å²) in [6, 6.07) is 0. The number of benzene rings is 1. The van der Waals surface area contributed by atoms with Gasteiger partial charge in [0.15, 0.2) is 0 Å². The Labute approximate surface area is 215 Å². The maximum absolute atomic E-state index is 12.5. The molecule has 3 N–H and O–H groups in total. The normalized spacial score (nSPS) is 11.8. The summed E-state index contributed by atoms with van der Waals surface area (Å²) in [5.74, 6) is -4.13. The Balaban J connectivity index is 3.89. The van der Waals surface area contributed by atoms with Gasteiger partial charge in [0.2, 0.25) is 0 Å². The van der Waals surface area contributed by atoms with Crippen LogP contribution in [0.5, 0.6) is 0 Å². The summed E-state index contributed by atoms with van der Waals surface area (Å²) >= 11 is 0. The molecule has 36 heavy (non-hydrogen) atoms. The highest BCUT2D eigenvalue weighted by Crippen LogP contribution is 2.33. The van der Waals surface area contributed by atoms with E-state index in [2.05, 4.69) is 20.8 Å². The minimum absolute atomic E-state index is 0.0692. The van der Waals surface area contributed by atoms with Crippen LogP contribution in [0.15, 0.2) is 18.2 Å². The van der Waals surface area contributed by atoms with Gasteiger partial charge in [0.1, 0.15) is 0 Å². The van der Waals surface area contributed by atoms with Gasteiger partial charge in [-0.25, -0.2) is 14.4 Å². The third-order valence-corrected chi connectivity index (χ3v) is 6.04. The van der Waals surface area contributed by atoms with Gasteiger partial charge in [0.25, 0.3) is 0 Å². The van der Waals surface area contributed by atoms with Gasteiger partial charge in [0, 0.05) is 5.56 Å². The van der Waals surface area contributed by atoms with E-state index in [9.17, 15) is 29.7 Å². The number of carboxylic acids is 3. The van der Waals surface area contributed by atoms with Crippen LogP contribution < -0.4 is 0 Å². The van der Waals surface area contributed by atoms with Crippen LogP contribution in [0.25, 0.3) is 18.2 Å². The summed E-state index contributed by atoms with van der Waals surface area (Å²) in [4.78, 5) is 37.2. The molecule has 0 atom stereocenters. The molecule has 0 aliphatic heterocycles. The molecule has 1 aromatic carbocycles. The Morgan fingerprint density at radius 2 is 0.806 bits per heavy atom. The van der Waals surface area contributed by atoms with Crippen molar-refractivity contribution >= 4 is 36.1 Å². The minimum atomic E-state index is -1.46. The zero-order valence-corrected chi connectivity index (χ0v) is 22.0. The zero-order valence-electron chi connectivity index (χ0n) is 22.0. The highest BCUT2D eigenvalue weighted by molar-refractivity contribution is 6.12. The molecule has 198 valence electrons. The van der Waals surface area contributed by atoms with Crippen molar-refractivity contribution in [1.29, 1.82) is 0 Å². The van der Waals surface area contributed by atoms with Crippen molar-refractivity contribution in [1.82, 2.24) is 0 Å². The summed E-state index contributed by atoms with van der Waals surface area (Å²) in [5.41, 5.74) is -0.738. The molecule has 0 saturated heterocycles. The number of hydrogen-bond donors (Lipinski definition) is 3. The summed E-state index contributed by atoms with van der Waals surface area (Å²) in [6.45, 7) is 6.25. The largest absolute Gasteiger partial charge is 0.478 e. The Morgan fingerprint density at radius 3 is 1.14 bits per heavy atom. The van der Waals surface area contributed by atoms with Crippen LogP contribution in [-0.4, -0.2) is 33.2 Å². The number of carbonyl (C=O) groups is 3. The molecule has 0 bridgehead atoms. The smallest absolute Gasteiger partial charge is 0.337 e. The van der Waals surface area contributed by atoms with E-state index in [1.165, 1.54) is 6.08 Å². The Bertz CT molecular complexity index is 968. The molecule has 0 aliphatic rings.